The van der Waals surface area contributed by atoms with Gasteiger partial charge in [0.2, 0.25) is 0 Å². The van der Waals surface area contributed by atoms with Crippen molar-refractivity contribution >= 4 is 15.9 Å². The van der Waals surface area contributed by atoms with Crippen molar-refractivity contribution < 1.29 is 0 Å². The third-order valence-corrected chi connectivity index (χ3v) is 2.60. The van der Waals surface area contributed by atoms with E-state index in [4.69, 9.17) is 5.73 Å². The Morgan fingerprint density at radius 2 is 2.33 bits per heavy atom. The molecule has 0 aliphatic rings. The van der Waals surface area contributed by atoms with Gasteiger partial charge in [-0.25, -0.2) is 4.98 Å². The molecule has 0 aliphatic carbocycles. The van der Waals surface area contributed by atoms with E-state index in [1.165, 1.54) is 0 Å². The standard InChI is InChI=1S/C10H11BrN4/c11-10-9(7-2-1-5-13-6-7)14-8(15-10)3-4-12/h1-2,5-6H,3-4,12H2,(H,14,15). The first kappa shape index (κ1) is 10.3. The molecular formula is C10H11BrN4. The van der Waals surface area contributed by atoms with Crippen molar-refractivity contribution in [3.63, 3.8) is 0 Å². The molecule has 0 atom stereocenters. The van der Waals surface area contributed by atoms with Crippen molar-refractivity contribution in [1.82, 2.24) is 15.0 Å². The quantitative estimate of drug-likeness (QED) is 0.890. The predicted octanol–water partition coefficient (Wildman–Crippen LogP) is 1.74. The first-order chi connectivity index (χ1) is 7.31. The summed E-state index contributed by atoms with van der Waals surface area (Å²) in [6, 6.07) is 3.86. The van der Waals surface area contributed by atoms with Crippen LogP contribution in [-0.2, 0) is 6.42 Å². The van der Waals surface area contributed by atoms with E-state index in [0.717, 1.165) is 28.1 Å². The number of nitrogens with one attached hydrogen (secondary N) is 1. The Balaban J connectivity index is 2.36. The lowest BCUT2D eigenvalue weighted by atomic mass is 10.2. The molecule has 0 aromatic carbocycles. The zero-order valence-corrected chi connectivity index (χ0v) is 9.66. The second kappa shape index (κ2) is 4.55. The number of aromatic nitrogens is 3. The maximum atomic E-state index is 5.47. The lowest BCUT2D eigenvalue weighted by Gasteiger charge is -1.94. The van der Waals surface area contributed by atoms with Crippen molar-refractivity contribution in [3.8, 4) is 11.3 Å². The SMILES string of the molecule is NCCc1nc(-c2cccnc2)c(Br)[nH]1. The van der Waals surface area contributed by atoms with E-state index in [-0.39, 0.29) is 0 Å². The van der Waals surface area contributed by atoms with Crippen molar-refractivity contribution in [1.29, 1.82) is 0 Å². The van der Waals surface area contributed by atoms with Gasteiger partial charge in [0.15, 0.2) is 0 Å². The fourth-order valence-electron chi connectivity index (χ4n) is 1.35. The minimum Gasteiger partial charge on any atom is -0.336 e. The molecule has 5 heteroatoms. The summed E-state index contributed by atoms with van der Waals surface area (Å²) in [7, 11) is 0. The summed E-state index contributed by atoms with van der Waals surface area (Å²) >= 11 is 3.44. The van der Waals surface area contributed by atoms with E-state index in [0.29, 0.717) is 6.54 Å². The molecule has 0 amide bonds. The molecule has 78 valence electrons. The van der Waals surface area contributed by atoms with E-state index in [1.54, 1.807) is 12.4 Å². The van der Waals surface area contributed by atoms with Gasteiger partial charge in [-0.1, -0.05) is 0 Å². The molecule has 0 fully saturated rings. The molecule has 0 spiro atoms. The zero-order valence-electron chi connectivity index (χ0n) is 8.07. The normalized spacial score (nSPS) is 10.5. The number of hydrogen-bond donors (Lipinski definition) is 2. The van der Waals surface area contributed by atoms with Gasteiger partial charge in [0.25, 0.3) is 0 Å². The Morgan fingerprint density at radius 1 is 1.47 bits per heavy atom. The van der Waals surface area contributed by atoms with Gasteiger partial charge in [-0.15, -0.1) is 0 Å². The van der Waals surface area contributed by atoms with E-state index in [1.807, 2.05) is 12.1 Å². The number of nitrogens with two attached hydrogens (primary N) is 1. The number of aromatic amines is 1. The molecule has 15 heavy (non-hydrogen) atoms. The summed E-state index contributed by atoms with van der Waals surface area (Å²) < 4.78 is 0.874. The molecule has 2 aromatic rings. The summed E-state index contributed by atoms with van der Waals surface area (Å²) in [5.74, 6) is 0.892. The highest BCUT2D eigenvalue weighted by atomic mass is 79.9. The molecule has 0 aliphatic heterocycles. The maximum absolute atomic E-state index is 5.47. The van der Waals surface area contributed by atoms with Crippen molar-refractivity contribution in [2.24, 2.45) is 5.73 Å². The van der Waals surface area contributed by atoms with Crippen LogP contribution in [0.3, 0.4) is 0 Å². The van der Waals surface area contributed by atoms with Gasteiger partial charge >= 0.3 is 0 Å². The Labute approximate surface area is 96.1 Å². The van der Waals surface area contributed by atoms with E-state index in [2.05, 4.69) is 30.9 Å². The molecule has 3 N–H and O–H groups in total. The first-order valence-corrected chi connectivity index (χ1v) is 5.45. The Hall–Kier alpha value is -1.20. The van der Waals surface area contributed by atoms with Crippen LogP contribution in [0.5, 0.6) is 0 Å². The second-order valence-corrected chi connectivity index (χ2v) is 3.92. The Kier molecular flexibility index (Phi) is 3.13. The van der Waals surface area contributed by atoms with Crippen molar-refractivity contribution in [3.05, 3.63) is 35.0 Å². The van der Waals surface area contributed by atoms with Crippen LogP contribution in [-0.4, -0.2) is 21.5 Å². The molecule has 0 saturated carbocycles. The molecule has 0 radical (unpaired) electrons. The van der Waals surface area contributed by atoms with Gasteiger partial charge in [0, 0.05) is 24.4 Å². The maximum Gasteiger partial charge on any atom is 0.110 e. The largest absolute Gasteiger partial charge is 0.336 e. The molecule has 4 nitrogen and oxygen atoms in total. The van der Waals surface area contributed by atoms with E-state index < -0.39 is 0 Å². The van der Waals surface area contributed by atoms with Crippen LogP contribution in [0.15, 0.2) is 29.1 Å². The smallest absolute Gasteiger partial charge is 0.110 e. The van der Waals surface area contributed by atoms with Crippen molar-refractivity contribution in [2.45, 2.75) is 6.42 Å². The molecular weight excluding hydrogens is 256 g/mol. The van der Waals surface area contributed by atoms with Gasteiger partial charge in [-0.05, 0) is 34.6 Å². The number of H-pyrrole nitrogens is 1. The van der Waals surface area contributed by atoms with Crippen LogP contribution in [0.1, 0.15) is 5.82 Å². The average Bonchev–Trinajstić information content (AvgIpc) is 2.61. The highest BCUT2D eigenvalue weighted by Gasteiger charge is 2.09. The number of rotatable bonds is 3. The Morgan fingerprint density at radius 3 is 3.00 bits per heavy atom. The first-order valence-electron chi connectivity index (χ1n) is 4.66. The monoisotopic (exact) mass is 266 g/mol. The van der Waals surface area contributed by atoms with E-state index in [9.17, 15) is 0 Å². The second-order valence-electron chi connectivity index (χ2n) is 3.13. The van der Waals surface area contributed by atoms with E-state index >= 15 is 0 Å². The van der Waals surface area contributed by atoms with Crippen LogP contribution < -0.4 is 5.73 Å². The highest BCUT2D eigenvalue weighted by Crippen LogP contribution is 2.24. The summed E-state index contributed by atoms with van der Waals surface area (Å²) in [5.41, 5.74) is 7.34. The lowest BCUT2D eigenvalue weighted by Crippen LogP contribution is -2.03. The third-order valence-electron chi connectivity index (χ3n) is 2.02. The molecule has 0 unspecified atom stereocenters. The van der Waals surface area contributed by atoms with Gasteiger partial charge in [0.1, 0.15) is 16.1 Å². The molecule has 0 bridgehead atoms. The minimum atomic E-state index is 0.590. The molecule has 2 heterocycles. The summed E-state index contributed by atoms with van der Waals surface area (Å²) in [6.45, 7) is 0.590. The summed E-state index contributed by atoms with van der Waals surface area (Å²) in [6.07, 6.45) is 4.27. The molecule has 2 aromatic heterocycles. The zero-order chi connectivity index (χ0) is 10.7. The summed E-state index contributed by atoms with van der Waals surface area (Å²) in [5, 5.41) is 0. The van der Waals surface area contributed by atoms with Crippen LogP contribution >= 0.6 is 15.9 Å². The third kappa shape index (κ3) is 2.24. The van der Waals surface area contributed by atoms with Crippen LogP contribution in [0.2, 0.25) is 0 Å². The van der Waals surface area contributed by atoms with Crippen molar-refractivity contribution in [2.75, 3.05) is 6.54 Å². The fraction of sp³-hybridized carbons (Fsp3) is 0.200. The molecule has 0 saturated heterocycles. The minimum absolute atomic E-state index is 0.590. The number of halogens is 1. The Bertz CT molecular complexity index is 438. The van der Waals surface area contributed by atoms with Crippen LogP contribution in [0.25, 0.3) is 11.3 Å². The number of nitrogens with zero attached hydrogens (tertiary/aromatic N) is 2. The average molecular weight is 267 g/mol. The van der Waals surface area contributed by atoms with Crippen LogP contribution in [0.4, 0.5) is 0 Å². The number of imidazole rings is 1. The van der Waals surface area contributed by atoms with Gasteiger partial charge < -0.3 is 10.7 Å². The van der Waals surface area contributed by atoms with Gasteiger partial charge in [-0.3, -0.25) is 4.98 Å². The highest BCUT2D eigenvalue weighted by molar-refractivity contribution is 9.10. The predicted molar refractivity (Wildman–Crippen MR) is 62.3 cm³/mol. The summed E-state index contributed by atoms with van der Waals surface area (Å²) in [4.78, 5) is 11.6. The van der Waals surface area contributed by atoms with Gasteiger partial charge in [-0.2, -0.15) is 0 Å². The lowest BCUT2D eigenvalue weighted by molar-refractivity contribution is 0.893. The van der Waals surface area contributed by atoms with Gasteiger partial charge in [0.05, 0.1) is 0 Å². The fourth-order valence-corrected chi connectivity index (χ4v) is 1.89. The number of pyridine rings is 1. The van der Waals surface area contributed by atoms with Crippen LogP contribution in [0, 0.1) is 0 Å². The topological polar surface area (TPSA) is 67.6 Å². The number of hydrogen-bond acceptors (Lipinski definition) is 3. The molecule has 2 rings (SSSR count).